The van der Waals surface area contributed by atoms with Crippen LogP contribution in [0.4, 0.5) is 4.39 Å². The van der Waals surface area contributed by atoms with Crippen molar-refractivity contribution in [1.29, 1.82) is 0 Å². The van der Waals surface area contributed by atoms with Gasteiger partial charge in [0.2, 0.25) is 0 Å². The molecule has 0 aromatic rings. The largest absolute Gasteiger partial charge is 0.374 e. The Hall–Kier alpha value is -1.05. The zero-order valence-corrected chi connectivity index (χ0v) is 7.44. The Kier molecular flexibility index (Phi) is 2.69. The average molecular weight is 167 g/mol. The molecule has 0 N–H and O–H groups in total. The average Bonchev–Trinajstić information content (AvgIpc) is 2.03. The monoisotopic (exact) mass is 167 g/mol. The van der Waals surface area contributed by atoms with Crippen LogP contribution >= 0.6 is 0 Å². The number of hydrogen-bond donors (Lipinski definition) is 0. The number of rotatable bonds is 2. The molecule has 0 amide bonds. The second-order valence-electron chi connectivity index (χ2n) is 3.00. The lowest BCUT2D eigenvalue weighted by Crippen LogP contribution is -2.23. The smallest absolute Gasteiger partial charge is 0.121 e. The van der Waals surface area contributed by atoms with Crippen LogP contribution in [0.5, 0.6) is 0 Å². The molecule has 0 unspecified atom stereocenters. The summed E-state index contributed by atoms with van der Waals surface area (Å²) in [6.45, 7) is 7.94. The molecule has 1 heterocycles. The molecule has 0 radical (unpaired) electrons. The summed E-state index contributed by atoms with van der Waals surface area (Å²) < 4.78 is 12.9. The van der Waals surface area contributed by atoms with Crippen molar-refractivity contribution in [3.05, 3.63) is 36.3 Å². The summed E-state index contributed by atoms with van der Waals surface area (Å²) in [7, 11) is 1.94. The van der Waals surface area contributed by atoms with E-state index in [1.165, 1.54) is 0 Å². The minimum atomic E-state index is -0.323. The van der Waals surface area contributed by atoms with Gasteiger partial charge in [-0.15, -0.1) is 0 Å². The molecule has 1 rings (SSSR count). The summed E-state index contributed by atoms with van der Waals surface area (Å²) in [5.41, 5.74) is 1.59. The van der Waals surface area contributed by atoms with Gasteiger partial charge in [0.1, 0.15) is 5.83 Å². The van der Waals surface area contributed by atoms with Gasteiger partial charge in [-0.2, -0.15) is 0 Å². The van der Waals surface area contributed by atoms with Crippen LogP contribution in [0.15, 0.2) is 36.3 Å². The van der Waals surface area contributed by atoms with E-state index in [4.69, 9.17) is 0 Å². The molecule has 0 aromatic heterocycles. The third-order valence-electron chi connectivity index (χ3n) is 2.16. The Morgan fingerprint density at radius 2 is 2.33 bits per heavy atom. The molecule has 0 atom stereocenters. The van der Waals surface area contributed by atoms with Crippen molar-refractivity contribution >= 4 is 0 Å². The summed E-state index contributed by atoms with van der Waals surface area (Å²) in [5, 5.41) is 0. The molecule has 1 aliphatic rings. The van der Waals surface area contributed by atoms with E-state index < -0.39 is 0 Å². The first-order valence-electron chi connectivity index (χ1n) is 4.08. The third kappa shape index (κ3) is 1.58. The Morgan fingerprint density at radius 3 is 2.75 bits per heavy atom. The molecule has 1 aliphatic heterocycles. The molecule has 0 fully saturated rings. The Morgan fingerprint density at radius 1 is 1.67 bits per heavy atom. The van der Waals surface area contributed by atoms with E-state index in [0.29, 0.717) is 5.57 Å². The summed E-state index contributed by atoms with van der Waals surface area (Å²) in [5.74, 6) is -0.323. The number of likely N-dealkylation sites (N-methyl/N-ethyl adjacent to an activating group) is 1. The van der Waals surface area contributed by atoms with Crippen molar-refractivity contribution in [2.45, 2.75) is 12.8 Å². The maximum Gasteiger partial charge on any atom is 0.121 e. The molecule has 0 saturated carbocycles. The highest BCUT2D eigenvalue weighted by atomic mass is 19.1. The van der Waals surface area contributed by atoms with E-state index in [1.807, 2.05) is 11.9 Å². The van der Waals surface area contributed by atoms with Gasteiger partial charge in [0.05, 0.1) is 0 Å². The summed E-state index contributed by atoms with van der Waals surface area (Å²) in [4.78, 5) is 2.01. The summed E-state index contributed by atoms with van der Waals surface area (Å²) in [6, 6.07) is 0. The number of hydrogen-bond acceptors (Lipinski definition) is 1. The van der Waals surface area contributed by atoms with Gasteiger partial charge in [-0.1, -0.05) is 13.2 Å². The number of allylic oxidation sites excluding steroid dienone is 3. The van der Waals surface area contributed by atoms with Crippen molar-refractivity contribution in [1.82, 2.24) is 4.90 Å². The number of halogens is 1. The molecule has 0 spiro atoms. The van der Waals surface area contributed by atoms with Gasteiger partial charge < -0.3 is 4.90 Å². The molecule has 2 heteroatoms. The van der Waals surface area contributed by atoms with E-state index >= 15 is 0 Å². The first-order valence-corrected chi connectivity index (χ1v) is 4.08. The fourth-order valence-electron chi connectivity index (χ4n) is 1.53. The van der Waals surface area contributed by atoms with Crippen molar-refractivity contribution < 1.29 is 4.39 Å². The van der Waals surface area contributed by atoms with Gasteiger partial charge in [0, 0.05) is 24.9 Å². The van der Waals surface area contributed by atoms with Gasteiger partial charge in [0.15, 0.2) is 0 Å². The van der Waals surface area contributed by atoms with E-state index in [0.717, 1.165) is 25.1 Å². The molecule has 12 heavy (non-hydrogen) atoms. The normalized spacial score (nSPS) is 18.0. The quantitative estimate of drug-likeness (QED) is 0.611. The van der Waals surface area contributed by atoms with Crippen LogP contribution in [0.2, 0.25) is 0 Å². The van der Waals surface area contributed by atoms with Crippen LogP contribution in [0.25, 0.3) is 0 Å². The Balaban J connectivity index is 3.02. The van der Waals surface area contributed by atoms with Crippen LogP contribution in [-0.2, 0) is 0 Å². The molecule has 0 aliphatic carbocycles. The van der Waals surface area contributed by atoms with Gasteiger partial charge in [-0.25, -0.2) is 4.39 Å². The second kappa shape index (κ2) is 3.57. The maximum atomic E-state index is 12.9. The lowest BCUT2D eigenvalue weighted by molar-refractivity contribution is 0.387. The van der Waals surface area contributed by atoms with Gasteiger partial charge in [-0.05, 0) is 18.9 Å². The fraction of sp³-hybridized carbons (Fsp3) is 0.400. The first-order chi connectivity index (χ1) is 5.66. The van der Waals surface area contributed by atoms with Crippen LogP contribution < -0.4 is 0 Å². The van der Waals surface area contributed by atoms with Gasteiger partial charge in [-0.3, -0.25) is 0 Å². The zero-order valence-electron chi connectivity index (χ0n) is 7.44. The van der Waals surface area contributed by atoms with Crippen LogP contribution in [0.1, 0.15) is 12.8 Å². The van der Waals surface area contributed by atoms with Gasteiger partial charge >= 0.3 is 0 Å². The highest BCUT2D eigenvalue weighted by Gasteiger charge is 2.16. The standard InChI is InChI=1S/C10H14FN/c1-4-10-9(8(2)11)6-5-7-12(10)3/h4H,1-2,5-7H2,3H3. The lowest BCUT2D eigenvalue weighted by Gasteiger charge is -2.27. The van der Waals surface area contributed by atoms with Gasteiger partial charge in [0.25, 0.3) is 0 Å². The molecule has 0 aromatic carbocycles. The van der Waals surface area contributed by atoms with Crippen LogP contribution in [0, 0.1) is 0 Å². The minimum absolute atomic E-state index is 0.323. The molecular formula is C10H14FN. The Bertz CT molecular complexity index is 240. The predicted molar refractivity (Wildman–Crippen MR) is 49.3 cm³/mol. The topological polar surface area (TPSA) is 3.24 Å². The molecule has 66 valence electrons. The van der Waals surface area contributed by atoms with Crippen molar-refractivity contribution in [3.63, 3.8) is 0 Å². The van der Waals surface area contributed by atoms with E-state index in [2.05, 4.69) is 13.2 Å². The summed E-state index contributed by atoms with van der Waals surface area (Å²) in [6.07, 6.45) is 3.46. The highest BCUT2D eigenvalue weighted by molar-refractivity contribution is 5.35. The zero-order chi connectivity index (χ0) is 9.14. The van der Waals surface area contributed by atoms with Crippen molar-refractivity contribution in [3.8, 4) is 0 Å². The van der Waals surface area contributed by atoms with Crippen molar-refractivity contribution in [2.75, 3.05) is 13.6 Å². The third-order valence-corrected chi connectivity index (χ3v) is 2.16. The second-order valence-corrected chi connectivity index (χ2v) is 3.00. The summed E-state index contributed by atoms with van der Waals surface area (Å²) >= 11 is 0. The lowest BCUT2D eigenvalue weighted by atomic mass is 10.0. The Labute approximate surface area is 72.9 Å². The first kappa shape index (κ1) is 9.04. The SMILES string of the molecule is C=CC1=C(C(=C)F)CCCN1C. The highest BCUT2D eigenvalue weighted by Crippen LogP contribution is 2.26. The number of nitrogens with zero attached hydrogens (tertiary/aromatic N) is 1. The molecular weight excluding hydrogens is 153 g/mol. The molecule has 0 saturated heterocycles. The van der Waals surface area contributed by atoms with E-state index in [9.17, 15) is 4.39 Å². The van der Waals surface area contributed by atoms with E-state index in [-0.39, 0.29) is 5.83 Å². The van der Waals surface area contributed by atoms with E-state index in [1.54, 1.807) is 6.08 Å². The van der Waals surface area contributed by atoms with Crippen LogP contribution in [0.3, 0.4) is 0 Å². The van der Waals surface area contributed by atoms with Crippen molar-refractivity contribution in [2.24, 2.45) is 0 Å². The molecule has 1 nitrogen and oxygen atoms in total. The fourth-order valence-corrected chi connectivity index (χ4v) is 1.53. The molecule has 0 bridgehead atoms. The maximum absolute atomic E-state index is 12.9. The minimum Gasteiger partial charge on any atom is -0.374 e. The predicted octanol–water partition coefficient (Wildman–Crippen LogP) is 2.64. The van der Waals surface area contributed by atoms with Crippen LogP contribution in [-0.4, -0.2) is 18.5 Å².